The highest BCUT2D eigenvalue weighted by Crippen LogP contribution is 2.26. The predicted molar refractivity (Wildman–Crippen MR) is 111 cm³/mol. The predicted octanol–water partition coefficient (Wildman–Crippen LogP) is 2.83. The van der Waals surface area contributed by atoms with Gasteiger partial charge < -0.3 is 15.8 Å². The third-order valence-electron chi connectivity index (χ3n) is 4.59. The van der Waals surface area contributed by atoms with Gasteiger partial charge in [0.1, 0.15) is 5.82 Å². The van der Waals surface area contributed by atoms with Gasteiger partial charge in [0.25, 0.3) is 0 Å². The van der Waals surface area contributed by atoms with E-state index in [1.54, 1.807) is 10.7 Å². The number of aromatic nitrogens is 4. The molecule has 1 aliphatic heterocycles. The molecule has 4 aromatic rings. The molecule has 0 bridgehead atoms. The summed E-state index contributed by atoms with van der Waals surface area (Å²) >= 11 is 0. The number of nitrogens with one attached hydrogen (secondary N) is 1. The number of para-hydroxylation sites is 1. The van der Waals surface area contributed by atoms with Crippen LogP contribution < -0.4 is 11.1 Å². The first-order valence-electron chi connectivity index (χ1n) is 9.47. The first kappa shape index (κ1) is 18.3. The normalized spacial score (nSPS) is 14.5. The minimum Gasteiger partial charge on any atom is -0.384 e. The van der Waals surface area contributed by atoms with Gasteiger partial charge in [-0.05, 0) is 32.0 Å². The van der Waals surface area contributed by atoms with Crippen molar-refractivity contribution < 1.29 is 4.74 Å². The van der Waals surface area contributed by atoms with Crippen LogP contribution >= 0.6 is 0 Å². The summed E-state index contributed by atoms with van der Waals surface area (Å²) in [5.41, 5.74) is 10.5. The quantitative estimate of drug-likeness (QED) is 0.531. The number of fused-ring (bicyclic) bond motifs is 2. The zero-order valence-electron chi connectivity index (χ0n) is 15.9. The van der Waals surface area contributed by atoms with E-state index in [-0.39, 0.29) is 0 Å². The van der Waals surface area contributed by atoms with Gasteiger partial charge in [0.2, 0.25) is 0 Å². The van der Waals surface area contributed by atoms with Crippen molar-refractivity contribution in [2.24, 2.45) is 0 Å². The molecule has 28 heavy (non-hydrogen) atoms. The summed E-state index contributed by atoms with van der Waals surface area (Å²) in [6, 6.07) is 11.9. The van der Waals surface area contributed by atoms with Crippen LogP contribution in [0, 0.1) is 6.92 Å². The lowest BCUT2D eigenvalue weighted by molar-refractivity contribution is 0.151. The summed E-state index contributed by atoms with van der Waals surface area (Å²) < 4.78 is 6.78. The van der Waals surface area contributed by atoms with Crippen LogP contribution in [0.3, 0.4) is 0 Å². The van der Waals surface area contributed by atoms with E-state index in [0.29, 0.717) is 5.82 Å². The molecule has 5 rings (SSSR count). The molecular formula is C21H24N6O. The summed E-state index contributed by atoms with van der Waals surface area (Å²) in [7, 11) is 0. The number of ether oxygens (including phenoxy) is 1. The Bertz CT molecular complexity index is 1070. The molecule has 0 saturated carbocycles. The molecule has 0 aliphatic carbocycles. The van der Waals surface area contributed by atoms with E-state index in [4.69, 9.17) is 10.5 Å². The van der Waals surface area contributed by atoms with Crippen LogP contribution in [-0.4, -0.2) is 45.9 Å². The zero-order valence-corrected chi connectivity index (χ0v) is 15.9. The third kappa shape index (κ3) is 3.95. The molecule has 7 nitrogen and oxygen atoms in total. The summed E-state index contributed by atoms with van der Waals surface area (Å²) in [6.45, 7) is 5.90. The molecule has 1 aliphatic rings. The molecule has 4 heterocycles. The molecule has 0 amide bonds. The lowest BCUT2D eigenvalue weighted by atomic mass is 10.1. The highest BCUT2D eigenvalue weighted by Gasteiger charge is 2.11. The van der Waals surface area contributed by atoms with Crippen LogP contribution in [0.5, 0.6) is 0 Å². The Kier molecular flexibility index (Phi) is 5.45. The first-order chi connectivity index (χ1) is 13.7. The number of nitrogens with zero attached hydrogens (tertiary/aromatic N) is 4. The lowest BCUT2D eigenvalue weighted by Gasteiger charge is -2.03. The highest BCUT2D eigenvalue weighted by molar-refractivity contribution is 5.86. The zero-order chi connectivity index (χ0) is 19.3. The Hall–Kier alpha value is -3.03. The maximum atomic E-state index is 5.98. The standard InChI is InChI=1S/C16H13N5.C5H11NO/c1-10-6-15(17)21-16(20-10)13(9-19-21)12-7-11-4-2-3-5-14(11)18-8-12;1-2-6-3-5-7-4-1/h2-9H,17H2,1H3;6H,1-5H2. The summed E-state index contributed by atoms with van der Waals surface area (Å²) in [6.07, 6.45) is 4.80. The third-order valence-corrected chi connectivity index (χ3v) is 4.59. The number of hydrogen-bond acceptors (Lipinski definition) is 6. The molecule has 0 spiro atoms. The molecule has 0 unspecified atom stereocenters. The van der Waals surface area contributed by atoms with E-state index in [1.165, 1.54) is 6.42 Å². The van der Waals surface area contributed by atoms with Gasteiger partial charge in [0.15, 0.2) is 5.65 Å². The molecule has 1 saturated heterocycles. The number of rotatable bonds is 1. The largest absolute Gasteiger partial charge is 0.384 e. The molecular weight excluding hydrogens is 352 g/mol. The van der Waals surface area contributed by atoms with Crippen LogP contribution in [0.4, 0.5) is 5.82 Å². The molecule has 0 radical (unpaired) electrons. The number of benzene rings is 1. The molecule has 0 atom stereocenters. The maximum absolute atomic E-state index is 5.98. The minimum absolute atomic E-state index is 0.581. The van der Waals surface area contributed by atoms with Gasteiger partial charge in [0.05, 0.1) is 18.3 Å². The topological polar surface area (TPSA) is 90.4 Å². The van der Waals surface area contributed by atoms with Crippen molar-refractivity contribution >= 4 is 22.4 Å². The Morgan fingerprint density at radius 1 is 1.11 bits per heavy atom. The van der Waals surface area contributed by atoms with Crippen LogP contribution in [-0.2, 0) is 4.74 Å². The van der Waals surface area contributed by atoms with E-state index in [0.717, 1.165) is 59.7 Å². The van der Waals surface area contributed by atoms with E-state index in [9.17, 15) is 0 Å². The summed E-state index contributed by atoms with van der Waals surface area (Å²) in [5, 5.41) is 8.63. The number of anilines is 1. The fourth-order valence-electron chi connectivity index (χ4n) is 3.21. The highest BCUT2D eigenvalue weighted by atomic mass is 16.5. The smallest absolute Gasteiger partial charge is 0.165 e. The summed E-state index contributed by atoms with van der Waals surface area (Å²) in [4.78, 5) is 9.04. The van der Waals surface area contributed by atoms with Crippen molar-refractivity contribution in [2.45, 2.75) is 13.3 Å². The fourth-order valence-corrected chi connectivity index (χ4v) is 3.21. The Morgan fingerprint density at radius 2 is 2.00 bits per heavy atom. The van der Waals surface area contributed by atoms with Gasteiger partial charge in [-0.1, -0.05) is 18.2 Å². The van der Waals surface area contributed by atoms with Gasteiger partial charge >= 0.3 is 0 Å². The molecule has 1 fully saturated rings. The lowest BCUT2D eigenvalue weighted by Crippen LogP contribution is -2.15. The van der Waals surface area contributed by atoms with E-state index < -0.39 is 0 Å². The van der Waals surface area contributed by atoms with Crippen molar-refractivity contribution in [1.82, 2.24) is 24.9 Å². The average Bonchev–Trinajstić information content (AvgIpc) is 2.91. The second-order valence-corrected chi connectivity index (χ2v) is 6.75. The van der Waals surface area contributed by atoms with Crippen molar-refractivity contribution in [3.63, 3.8) is 0 Å². The Balaban J connectivity index is 0.000000233. The van der Waals surface area contributed by atoms with E-state index in [2.05, 4.69) is 26.4 Å². The Labute approximate surface area is 163 Å². The van der Waals surface area contributed by atoms with Crippen LogP contribution in [0.25, 0.3) is 27.7 Å². The fraction of sp³-hybridized carbons (Fsp3) is 0.286. The molecule has 144 valence electrons. The number of nitrogens with two attached hydrogens (primary N) is 1. The van der Waals surface area contributed by atoms with Gasteiger partial charge in [-0.2, -0.15) is 9.61 Å². The molecule has 3 aromatic heterocycles. The maximum Gasteiger partial charge on any atom is 0.165 e. The van der Waals surface area contributed by atoms with Gasteiger partial charge in [0, 0.05) is 47.6 Å². The minimum atomic E-state index is 0.581. The van der Waals surface area contributed by atoms with Crippen molar-refractivity contribution in [1.29, 1.82) is 0 Å². The number of pyridine rings is 1. The number of aryl methyl sites for hydroxylation is 1. The second kappa shape index (κ2) is 8.33. The van der Waals surface area contributed by atoms with Crippen LogP contribution in [0.15, 0.2) is 48.8 Å². The summed E-state index contributed by atoms with van der Waals surface area (Å²) in [5.74, 6) is 0.581. The number of nitrogen functional groups attached to an aromatic ring is 1. The van der Waals surface area contributed by atoms with E-state index in [1.807, 2.05) is 43.5 Å². The molecule has 3 N–H and O–H groups in total. The average molecular weight is 376 g/mol. The van der Waals surface area contributed by atoms with Crippen LogP contribution in [0.1, 0.15) is 12.1 Å². The van der Waals surface area contributed by atoms with Crippen molar-refractivity contribution in [3.05, 3.63) is 54.5 Å². The van der Waals surface area contributed by atoms with Crippen molar-refractivity contribution in [2.75, 3.05) is 32.0 Å². The monoisotopic (exact) mass is 376 g/mol. The molecule has 7 heteroatoms. The van der Waals surface area contributed by atoms with E-state index >= 15 is 0 Å². The van der Waals surface area contributed by atoms with Crippen LogP contribution in [0.2, 0.25) is 0 Å². The second-order valence-electron chi connectivity index (χ2n) is 6.75. The van der Waals surface area contributed by atoms with Gasteiger partial charge in [-0.25, -0.2) is 4.98 Å². The Morgan fingerprint density at radius 3 is 2.93 bits per heavy atom. The first-order valence-corrected chi connectivity index (χ1v) is 9.47. The van der Waals surface area contributed by atoms with Gasteiger partial charge in [-0.3, -0.25) is 4.98 Å². The molecule has 1 aromatic carbocycles. The number of hydrogen-bond donors (Lipinski definition) is 2. The van der Waals surface area contributed by atoms with Crippen molar-refractivity contribution in [3.8, 4) is 11.1 Å². The van der Waals surface area contributed by atoms with Gasteiger partial charge in [-0.15, -0.1) is 0 Å². The SMILES string of the molecule is C1CNCCOC1.Cc1cc(N)n2ncc(-c3cnc4ccccc4c3)c2n1.